The molecule has 0 fully saturated rings. The molecule has 0 nitrogen and oxygen atoms in total. The van der Waals surface area contributed by atoms with Crippen molar-refractivity contribution in [3.63, 3.8) is 0 Å². The van der Waals surface area contributed by atoms with Gasteiger partial charge in [0, 0.05) is 10.9 Å². The van der Waals surface area contributed by atoms with E-state index < -0.39 is 11.7 Å². The lowest BCUT2D eigenvalue weighted by Crippen LogP contribution is -2.04. The Hall–Kier alpha value is -0.670. The molecule has 0 amide bonds. The van der Waals surface area contributed by atoms with Crippen LogP contribution in [0.1, 0.15) is 11.1 Å². The topological polar surface area (TPSA) is 0 Å². The van der Waals surface area contributed by atoms with Gasteiger partial charge in [0.15, 0.2) is 0 Å². The molecule has 0 saturated carbocycles. The predicted molar refractivity (Wildman–Crippen MR) is 56.2 cm³/mol. The molecule has 0 aliphatic carbocycles. The van der Waals surface area contributed by atoms with Gasteiger partial charge in [-0.15, -0.1) is 11.6 Å². The van der Waals surface area contributed by atoms with Gasteiger partial charge in [0.2, 0.25) is 0 Å². The number of halogens is 5. The van der Waals surface area contributed by atoms with Crippen molar-refractivity contribution in [2.75, 3.05) is 5.88 Å². The fourth-order valence-electron chi connectivity index (χ4n) is 1.02. The van der Waals surface area contributed by atoms with Crippen molar-refractivity contribution in [1.82, 2.24) is 0 Å². The molecular weight excluding hydrogens is 248 g/mol. The van der Waals surface area contributed by atoms with E-state index in [1.165, 1.54) is 18.2 Å². The summed E-state index contributed by atoms with van der Waals surface area (Å²) < 4.78 is 37.0. The third-order valence-electron chi connectivity index (χ3n) is 1.71. The molecule has 0 N–H and O–H groups in total. The van der Waals surface area contributed by atoms with E-state index in [0.717, 1.165) is 12.1 Å². The van der Waals surface area contributed by atoms with E-state index >= 15 is 0 Å². The summed E-state index contributed by atoms with van der Waals surface area (Å²) in [6, 6.07) is 3.16. The van der Waals surface area contributed by atoms with Crippen molar-refractivity contribution < 1.29 is 13.2 Å². The molecular formula is C10H7Cl2F3. The van der Waals surface area contributed by atoms with Gasteiger partial charge in [0.25, 0.3) is 0 Å². The third kappa shape index (κ3) is 3.43. The fraction of sp³-hybridized carbons (Fsp3) is 0.200. The van der Waals surface area contributed by atoms with Gasteiger partial charge in [-0.05, 0) is 23.8 Å². The second kappa shape index (κ2) is 4.90. The van der Waals surface area contributed by atoms with E-state index in [4.69, 9.17) is 23.2 Å². The van der Waals surface area contributed by atoms with Crippen LogP contribution < -0.4 is 0 Å². The lowest BCUT2D eigenvalue weighted by Gasteiger charge is -2.08. The van der Waals surface area contributed by atoms with Crippen LogP contribution in [0.2, 0.25) is 5.02 Å². The minimum Gasteiger partial charge on any atom is -0.166 e. The van der Waals surface area contributed by atoms with Crippen molar-refractivity contribution >= 4 is 29.3 Å². The molecule has 5 heteroatoms. The van der Waals surface area contributed by atoms with Gasteiger partial charge < -0.3 is 0 Å². The van der Waals surface area contributed by atoms with Crippen molar-refractivity contribution in [2.24, 2.45) is 0 Å². The van der Waals surface area contributed by atoms with Crippen molar-refractivity contribution in [2.45, 2.75) is 6.18 Å². The minimum atomic E-state index is -4.35. The van der Waals surface area contributed by atoms with E-state index in [-0.39, 0.29) is 10.9 Å². The summed E-state index contributed by atoms with van der Waals surface area (Å²) in [4.78, 5) is 0. The van der Waals surface area contributed by atoms with Crippen LogP contribution >= 0.6 is 23.2 Å². The molecule has 1 aromatic carbocycles. The Morgan fingerprint density at radius 3 is 2.47 bits per heavy atom. The Kier molecular flexibility index (Phi) is 4.05. The van der Waals surface area contributed by atoms with E-state index in [1.54, 1.807) is 0 Å². The van der Waals surface area contributed by atoms with E-state index in [9.17, 15) is 13.2 Å². The molecule has 0 bridgehead atoms. The largest absolute Gasteiger partial charge is 0.416 e. The Labute approximate surface area is 95.3 Å². The molecule has 0 radical (unpaired) electrons. The molecule has 15 heavy (non-hydrogen) atoms. The highest BCUT2D eigenvalue weighted by Crippen LogP contribution is 2.32. The molecule has 1 aromatic rings. The molecule has 0 saturated heterocycles. The van der Waals surface area contributed by atoms with Gasteiger partial charge in [-0.2, -0.15) is 13.2 Å². The Balaban J connectivity index is 3.11. The maximum atomic E-state index is 12.3. The standard InChI is InChI=1S/C10H7Cl2F3/c11-5-1-2-7-6-8(10(13,14)15)3-4-9(7)12/h1-4,6H,5H2. The number of hydrogen-bond acceptors (Lipinski definition) is 0. The van der Waals surface area contributed by atoms with Crippen LogP contribution in [0.25, 0.3) is 6.08 Å². The number of alkyl halides is 4. The highest BCUT2D eigenvalue weighted by molar-refractivity contribution is 6.32. The molecule has 0 aliphatic heterocycles. The number of allylic oxidation sites excluding steroid dienone is 1. The zero-order chi connectivity index (χ0) is 11.5. The van der Waals surface area contributed by atoms with Crippen LogP contribution in [0.4, 0.5) is 13.2 Å². The van der Waals surface area contributed by atoms with Crippen LogP contribution in [-0.2, 0) is 6.18 Å². The van der Waals surface area contributed by atoms with Crippen LogP contribution in [0.3, 0.4) is 0 Å². The van der Waals surface area contributed by atoms with Gasteiger partial charge in [-0.1, -0.05) is 23.8 Å². The summed E-state index contributed by atoms with van der Waals surface area (Å²) in [6.07, 6.45) is -1.36. The zero-order valence-corrected chi connectivity index (χ0v) is 9.00. The Morgan fingerprint density at radius 2 is 1.93 bits per heavy atom. The van der Waals surface area contributed by atoms with E-state index in [1.807, 2.05) is 0 Å². The molecule has 0 spiro atoms. The van der Waals surface area contributed by atoms with E-state index in [2.05, 4.69) is 0 Å². The first-order valence-electron chi connectivity index (χ1n) is 4.04. The van der Waals surface area contributed by atoms with Gasteiger partial charge >= 0.3 is 6.18 Å². The Morgan fingerprint density at radius 1 is 1.27 bits per heavy atom. The summed E-state index contributed by atoms with van der Waals surface area (Å²) in [5.74, 6) is 0.229. The SMILES string of the molecule is FC(F)(F)c1ccc(Cl)c(C=CCCl)c1. The van der Waals surface area contributed by atoms with Gasteiger partial charge in [-0.3, -0.25) is 0 Å². The first-order valence-corrected chi connectivity index (χ1v) is 4.95. The third-order valence-corrected chi connectivity index (χ3v) is 2.23. The maximum absolute atomic E-state index is 12.3. The van der Waals surface area contributed by atoms with E-state index in [0.29, 0.717) is 5.56 Å². The maximum Gasteiger partial charge on any atom is 0.416 e. The first-order chi connectivity index (χ1) is 6.95. The minimum absolute atomic E-state index is 0.229. The molecule has 0 unspecified atom stereocenters. The molecule has 82 valence electrons. The molecule has 0 atom stereocenters. The predicted octanol–water partition coefficient (Wildman–Crippen LogP) is 4.61. The summed E-state index contributed by atoms with van der Waals surface area (Å²) in [5.41, 5.74) is -0.409. The highest BCUT2D eigenvalue weighted by atomic mass is 35.5. The number of rotatable bonds is 2. The summed E-state index contributed by atoms with van der Waals surface area (Å²) >= 11 is 11.1. The fourth-order valence-corrected chi connectivity index (χ4v) is 1.29. The zero-order valence-electron chi connectivity index (χ0n) is 7.48. The number of hydrogen-bond donors (Lipinski definition) is 0. The Bertz CT molecular complexity index is 369. The molecule has 0 heterocycles. The van der Waals surface area contributed by atoms with Crippen molar-refractivity contribution in [3.05, 3.63) is 40.4 Å². The second-order valence-electron chi connectivity index (χ2n) is 2.79. The average Bonchev–Trinajstić information content (AvgIpc) is 2.15. The quantitative estimate of drug-likeness (QED) is 0.677. The molecule has 0 aliphatic rings. The van der Waals surface area contributed by atoms with Crippen LogP contribution in [0.15, 0.2) is 24.3 Å². The summed E-state index contributed by atoms with van der Waals surface area (Å²) in [7, 11) is 0. The van der Waals surface area contributed by atoms with Gasteiger partial charge in [-0.25, -0.2) is 0 Å². The first kappa shape index (κ1) is 12.4. The van der Waals surface area contributed by atoms with Crippen LogP contribution in [0.5, 0.6) is 0 Å². The smallest absolute Gasteiger partial charge is 0.166 e. The summed E-state index contributed by atoms with van der Waals surface area (Å²) in [5, 5.41) is 0.268. The lowest BCUT2D eigenvalue weighted by atomic mass is 10.1. The lowest BCUT2D eigenvalue weighted by molar-refractivity contribution is -0.137. The monoisotopic (exact) mass is 254 g/mol. The van der Waals surface area contributed by atoms with Crippen LogP contribution in [0, 0.1) is 0 Å². The second-order valence-corrected chi connectivity index (χ2v) is 3.51. The number of benzene rings is 1. The molecule has 0 aromatic heterocycles. The van der Waals surface area contributed by atoms with Crippen molar-refractivity contribution in [1.29, 1.82) is 0 Å². The van der Waals surface area contributed by atoms with Crippen LogP contribution in [-0.4, -0.2) is 5.88 Å². The van der Waals surface area contributed by atoms with Crippen molar-refractivity contribution in [3.8, 4) is 0 Å². The highest BCUT2D eigenvalue weighted by Gasteiger charge is 2.30. The molecule has 1 rings (SSSR count). The van der Waals surface area contributed by atoms with Gasteiger partial charge in [0.1, 0.15) is 0 Å². The average molecular weight is 255 g/mol. The van der Waals surface area contributed by atoms with Gasteiger partial charge in [0.05, 0.1) is 5.56 Å². The summed E-state index contributed by atoms with van der Waals surface area (Å²) in [6.45, 7) is 0. The normalized spacial score (nSPS) is 12.3.